The largest absolute Gasteiger partial charge is 0.454 e. The monoisotopic (exact) mass is 311 g/mol. The fraction of sp³-hybridized carbons (Fsp3) is 0.235. The molecular formula is C17H13NO5. The molecule has 0 saturated carbocycles. The zero-order valence-corrected chi connectivity index (χ0v) is 12.1. The third kappa shape index (κ3) is 1.91. The zero-order chi connectivity index (χ0) is 15.4. The number of nitrogens with one attached hydrogen (secondary N) is 1. The van der Waals surface area contributed by atoms with Gasteiger partial charge in [0, 0.05) is 24.1 Å². The van der Waals surface area contributed by atoms with Gasteiger partial charge in [-0.2, -0.15) is 0 Å². The second-order valence-electron chi connectivity index (χ2n) is 5.71. The van der Waals surface area contributed by atoms with Crippen LogP contribution in [0.15, 0.2) is 30.3 Å². The Morgan fingerprint density at radius 3 is 2.39 bits per heavy atom. The molecule has 0 fully saturated rings. The van der Waals surface area contributed by atoms with Gasteiger partial charge in [-0.15, -0.1) is 0 Å². The van der Waals surface area contributed by atoms with Gasteiger partial charge in [-0.25, -0.2) is 0 Å². The molecule has 23 heavy (non-hydrogen) atoms. The van der Waals surface area contributed by atoms with Crippen LogP contribution >= 0.6 is 0 Å². The van der Waals surface area contributed by atoms with Gasteiger partial charge in [0.2, 0.25) is 19.5 Å². The van der Waals surface area contributed by atoms with E-state index in [2.05, 4.69) is 5.32 Å². The number of anilines is 1. The van der Waals surface area contributed by atoms with Gasteiger partial charge in [-0.1, -0.05) is 6.07 Å². The molecule has 0 bridgehead atoms. The molecule has 1 amide bonds. The molecule has 3 heterocycles. The van der Waals surface area contributed by atoms with Crippen molar-refractivity contribution < 1.29 is 23.7 Å². The normalized spacial score (nSPS) is 20.2. The van der Waals surface area contributed by atoms with Gasteiger partial charge in [-0.3, -0.25) is 4.79 Å². The first kappa shape index (κ1) is 12.6. The molecule has 1 atom stereocenters. The lowest BCUT2D eigenvalue weighted by Crippen LogP contribution is -2.23. The molecule has 0 saturated heterocycles. The van der Waals surface area contributed by atoms with Crippen molar-refractivity contribution in [2.75, 3.05) is 18.9 Å². The van der Waals surface area contributed by atoms with Crippen molar-refractivity contribution in [3.05, 3.63) is 41.5 Å². The summed E-state index contributed by atoms with van der Waals surface area (Å²) >= 11 is 0. The van der Waals surface area contributed by atoms with Crippen LogP contribution in [-0.4, -0.2) is 19.5 Å². The van der Waals surface area contributed by atoms with Crippen LogP contribution in [0.2, 0.25) is 0 Å². The second kappa shape index (κ2) is 4.55. The second-order valence-corrected chi connectivity index (χ2v) is 5.71. The highest BCUT2D eigenvalue weighted by Crippen LogP contribution is 2.46. The van der Waals surface area contributed by atoms with E-state index in [0.717, 1.165) is 28.3 Å². The van der Waals surface area contributed by atoms with Crippen LogP contribution in [0.1, 0.15) is 23.5 Å². The summed E-state index contributed by atoms with van der Waals surface area (Å²) < 4.78 is 21.7. The van der Waals surface area contributed by atoms with E-state index in [0.29, 0.717) is 17.9 Å². The summed E-state index contributed by atoms with van der Waals surface area (Å²) in [5.74, 6) is 2.76. The third-order valence-corrected chi connectivity index (χ3v) is 4.38. The van der Waals surface area contributed by atoms with Crippen molar-refractivity contribution in [3.8, 4) is 23.0 Å². The SMILES string of the molecule is O=C1C[C@H](c2ccc3c(c2)OCO3)c2cc3c(cc2N1)OCO3. The lowest BCUT2D eigenvalue weighted by molar-refractivity contribution is -0.116. The third-order valence-electron chi connectivity index (χ3n) is 4.38. The van der Waals surface area contributed by atoms with Gasteiger partial charge in [0.05, 0.1) is 0 Å². The molecule has 0 radical (unpaired) electrons. The first-order chi connectivity index (χ1) is 11.3. The molecular weight excluding hydrogens is 298 g/mol. The Morgan fingerprint density at radius 1 is 0.870 bits per heavy atom. The van der Waals surface area contributed by atoms with Gasteiger partial charge >= 0.3 is 0 Å². The molecule has 2 aromatic rings. The van der Waals surface area contributed by atoms with Crippen LogP contribution in [0.3, 0.4) is 0 Å². The van der Waals surface area contributed by atoms with E-state index in [1.54, 1.807) is 0 Å². The fourth-order valence-corrected chi connectivity index (χ4v) is 3.28. The highest BCUT2D eigenvalue weighted by molar-refractivity contribution is 5.96. The Balaban J connectivity index is 1.63. The fourth-order valence-electron chi connectivity index (χ4n) is 3.28. The lowest BCUT2D eigenvalue weighted by Gasteiger charge is -2.26. The summed E-state index contributed by atoms with van der Waals surface area (Å²) in [6.07, 6.45) is 0.381. The molecule has 1 N–H and O–H groups in total. The van der Waals surface area contributed by atoms with Gasteiger partial charge in [-0.05, 0) is 29.3 Å². The minimum absolute atomic E-state index is 0.0148. The number of hydrogen-bond donors (Lipinski definition) is 1. The molecule has 6 nitrogen and oxygen atoms in total. The molecule has 0 spiro atoms. The van der Waals surface area contributed by atoms with Crippen molar-refractivity contribution >= 4 is 11.6 Å². The van der Waals surface area contributed by atoms with Gasteiger partial charge in [0.1, 0.15) is 0 Å². The molecule has 5 rings (SSSR count). The summed E-state index contributed by atoms with van der Waals surface area (Å²) in [6, 6.07) is 9.59. The molecule has 116 valence electrons. The number of amides is 1. The number of carbonyl (C=O) groups excluding carboxylic acids is 1. The van der Waals surface area contributed by atoms with Crippen LogP contribution in [0.4, 0.5) is 5.69 Å². The maximum atomic E-state index is 12.1. The van der Waals surface area contributed by atoms with Crippen molar-refractivity contribution in [2.45, 2.75) is 12.3 Å². The predicted molar refractivity (Wildman–Crippen MR) is 80.2 cm³/mol. The van der Waals surface area contributed by atoms with E-state index in [4.69, 9.17) is 18.9 Å². The van der Waals surface area contributed by atoms with Crippen LogP contribution < -0.4 is 24.3 Å². The van der Waals surface area contributed by atoms with Crippen molar-refractivity contribution in [3.63, 3.8) is 0 Å². The van der Waals surface area contributed by atoms with Crippen LogP contribution in [-0.2, 0) is 4.79 Å². The maximum absolute atomic E-state index is 12.1. The molecule has 0 unspecified atom stereocenters. The topological polar surface area (TPSA) is 66.0 Å². The maximum Gasteiger partial charge on any atom is 0.231 e. The van der Waals surface area contributed by atoms with E-state index in [9.17, 15) is 4.79 Å². The average molecular weight is 311 g/mol. The Kier molecular flexibility index (Phi) is 2.50. The van der Waals surface area contributed by atoms with Crippen molar-refractivity contribution in [1.29, 1.82) is 0 Å². The standard InChI is InChI=1S/C17H13NO5/c19-17-5-10(9-1-2-13-14(3-9)21-7-20-13)11-4-15-16(23-8-22-15)6-12(11)18-17/h1-4,6,10H,5,7-8H2,(H,18,19)/t10-/m1/s1. The minimum atomic E-state index is -0.0530. The first-order valence-electron chi connectivity index (χ1n) is 7.41. The van der Waals surface area contributed by atoms with E-state index in [-0.39, 0.29) is 25.4 Å². The average Bonchev–Trinajstić information content (AvgIpc) is 3.19. The first-order valence-corrected chi connectivity index (χ1v) is 7.41. The predicted octanol–water partition coefficient (Wildman–Crippen LogP) is 2.62. The van der Waals surface area contributed by atoms with Crippen molar-refractivity contribution in [1.82, 2.24) is 0 Å². The smallest absolute Gasteiger partial charge is 0.231 e. The summed E-state index contributed by atoms with van der Waals surface area (Å²) in [6.45, 7) is 0.445. The molecule has 6 heteroatoms. The van der Waals surface area contributed by atoms with Gasteiger partial charge in [0.25, 0.3) is 0 Å². The Labute approximate surface area is 131 Å². The lowest BCUT2D eigenvalue weighted by atomic mass is 9.84. The minimum Gasteiger partial charge on any atom is -0.454 e. The number of rotatable bonds is 1. The van der Waals surface area contributed by atoms with Gasteiger partial charge in [0.15, 0.2) is 23.0 Å². The summed E-state index contributed by atoms with van der Waals surface area (Å²) in [4.78, 5) is 12.1. The molecule has 0 aliphatic carbocycles. The van der Waals surface area contributed by atoms with Crippen LogP contribution in [0, 0.1) is 0 Å². The highest BCUT2D eigenvalue weighted by Gasteiger charge is 2.30. The zero-order valence-electron chi connectivity index (χ0n) is 12.1. The molecule has 3 aliphatic rings. The van der Waals surface area contributed by atoms with E-state index in [1.807, 2.05) is 30.3 Å². The molecule has 3 aliphatic heterocycles. The Morgan fingerprint density at radius 2 is 1.57 bits per heavy atom. The number of fused-ring (bicyclic) bond motifs is 3. The summed E-state index contributed by atoms with van der Waals surface area (Å²) in [7, 11) is 0. The Hall–Kier alpha value is -2.89. The van der Waals surface area contributed by atoms with E-state index < -0.39 is 0 Å². The van der Waals surface area contributed by atoms with Crippen LogP contribution in [0.5, 0.6) is 23.0 Å². The number of hydrogen-bond acceptors (Lipinski definition) is 5. The summed E-state index contributed by atoms with van der Waals surface area (Å²) in [5.41, 5.74) is 2.81. The number of carbonyl (C=O) groups is 1. The number of benzene rings is 2. The van der Waals surface area contributed by atoms with Crippen LogP contribution in [0.25, 0.3) is 0 Å². The summed E-state index contributed by atoms with van der Waals surface area (Å²) in [5, 5.41) is 2.91. The highest BCUT2D eigenvalue weighted by atomic mass is 16.7. The van der Waals surface area contributed by atoms with Gasteiger partial charge < -0.3 is 24.3 Å². The van der Waals surface area contributed by atoms with E-state index in [1.165, 1.54) is 0 Å². The van der Waals surface area contributed by atoms with E-state index >= 15 is 0 Å². The molecule has 2 aromatic carbocycles. The molecule has 0 aromatic heterocycles. The van der Waals surface area contributed by atoms with Crippen molar-refractivity contribution in [2.24, 2.45) is 0 Å². The quantitative estimate of drug-likeness (QED) is 0.877. The number of ether oxygens (including phenoxy) is 4. The Bertz CT molecular complexity index is 832.